The predicted molar refractivity (Wildman–Crippen MR) is 102 cm³/mol. The van der Waals surface area contributed by atoms with Crippen LogP contribution < -0.4 is 16.0 Å². The zero-order valence-electron chi connectivity index (χ0n) is 14.9. The molecule has 1 amide bonds. The number of amides is 1. The number of nitrogens with zero attached hydrogens (tertiary/aromatic N) is 2. The third kappa shape index (κ3) is 5.31. The van der Waals surface area contributed by atoms with E-state index < -0.39 is 10.5 Å². The maximum atomic E-state index is 12.3. The number of carbonyl (C=O) groups is 1. The van der Waals surface area contributed by atoms with Crippen molar-refractivity contribution in [1.29, 1.82) is 0 Å². The van der Waals surface area contributed by atoms with E-state index in [-0.39, 0.29) is 36.1 Å². The second-order valence-electron chi connectivity index (χ2n) is 7.17. The van der Waals surface area contributed by atoms with Crippen molar-refractivity contribution in [3.8, 4) is 0 Å². The molecule has 0 unspecified atom stereocenters. The van der Waals surface area contributed by atoms with Crippen LogP contribution in [0.15, 0.2) is 18.2 Å². The fraction of sp³-hybridized carbons (Fsp3) is 0.588. The molecule has 1 heterocycles. The molecule has 1 aromatic carbocycles. The van der Waals surface area contributed by atoms with Crippen molar-refractivity contribution in [2.75, 3.05) is 24.5 Å². The van der Waals surface area contributed by atoms with Crippen LogP contribution in [-0.4, -0.2) is 36.0 Å². The van der Waals surface area contributed by atoms with Gasteiger partial charge in [0.2, 0.25) is 0 Å². The summed E-state index contributed by atoms with van der Waals surface area (Å²) in [5.74, 6) is 0.288. The third-order valence-electron chi connectivity index (χ3n) is 4.52. The third-order valence-corrected chi connectivity index (χ3v) is 4.52. The summed E-state index contributed by atoms with van der Waals surface area (Å²) >= 11 is 0. The van der Waals surface area contributed by atoms with Gasteiger partial charge in [0.25, 0.3) is 11.6 Å². The first kappa shape index (κ1) is 21.2. The first-order chi connectivity index (χ1) is 11.2. The Morgan fingerprint density at radius 2 is 2.00 bits per heavy atom. The summed E-state index contributed by atoms with van der Waals surface area (Å²) < 4.78 is 0. The highest BCUT2D eigenvalue weighted by Crippen LogP contribution is 2.32. The summed E-state index contributed by atoms with van der Waals surface area (Å²) in [4.78, 5) is 25.4. The highest BCUT2D eigenvalue weighted by molar-refractivity contribution is 5.96. The van der Waals surface area contributed by atoms with E-state index in [1.807, 2.05) is 18.7 Å². The lowest BCUT2D eigenvalue weighted by molar-refractivity contribution is -0.384. The zero-order valence-corrected chi connectivity index (χ0v) is 15.8. The van der Waals surface area contributed by atoms with Gasteiger partial charge < -0.3 is 16.0 Å². The fourth-order valence-corrected chi connectivity index (χ4v) is 2.76. The molecule has 1 aromatic rings. The fourth-order valence-electron chi connectivity index (χ4n) is 2.76. The number of nitrogens with two attached hydrogens (primary N) is 1. The topological polar surface area (TPSA) is 102 Å². The van der Waals surface area contributed by atoms with E-state index in [4.69, 9.17) is 5.73 Å². The van der Waals surface area contributed by atoms with Crippen LogP contribution in [0.4, 0.5) is 11.4 Å². The second-order valence-corrected chi connectivity index (χ2v) is 7.17. The zero-order chi connectivity index (χ0) is 17.9. The Labute approximate surface area is 154 Å². The van der Waals surface area contributed by atoms with Gasteiger partial charge >= 0.3 is 0 Å². The maximum Gasteiger partial charge on any atom is 0.293 e. The monoisotopic (exact) mass is 370 g/mol. The van der Waals surface area contributed by atoms with Crippen LogP contribution in [0.5, 0.6) is 0 Å². The quantitative estimate of drug-likeness (QED) is 0.613. The molecular formula is C17H27ClN4O3. The molecule has 0 aliphatic carbocycles. The molecule has 0 saturated carbocycles. The predicted octanol–water partition coefficient (Wildman–Crippen LogP) is 2.72. The number of benzene rings is 1. The molecule has 1 aliphatic heterocycles. The van der Waals surface area contributed by atoms with Crippen molar-refractivity contribution >= 4 is 29.7 Å². The largest absolute Gasteiger partial charge is 0.366 e. The first-order valence-electron chi connectivity index (χ1n) is 8.29. The minimum Gasteiger partial charge on any atom is -0.366 e. The Morgan fingerprint density at radius 1 is 1.40 bits per heavy atom. The van der Waals surface area contributed by atoms with Crippen molar-refractivity contribution in [2.24, 2.45) is 11.7 Å². The molecule has 0 radical (unpaired) electrons. The van der Waals surface area contributed by atoms with E-state index in [1.165, 1.54) is 6.07 Å². The van der Waals surface area contributed by atoms with Crippen LogP contribution in [0.3, 0.4) is 0 Å². The van der Waals surface area contributed by atoms with Gasteiger partial charge in [-0.3, -0.25) is 14.9 Å². The highest BCUT2D eigenvalue weighted by Gasteiger charge is 2.26. The van der Waals surface area contributed by atoms with E-state index in [9.17, 15) is 14.9 Å². The van der Waals surface area contributed by atoms with E-state index in [0.29, 0.717) is 11.6 Å². The van der Waals surface area contributed by atoms with Crippen LogP contribution in [0.2, 0.25) is 0 Å². The van der Waals surface area contributed by atoms with E-state index >= 15 is 0 Å². The lowest BCUT2D eigenvalue weighted by Crippen LogP contribution is -2.48. The van der Waals surface area contributed by atoms with Crippen LogP contribution in [0.25, 0.3) is 0 Å². The highest BCUT2D eigenvalue weighted by atomic mass is 35.5. The Hall–Kier alpha value is -1.86. The number of nitro benzene ring substituents is 1. The molecule has 1 aliphatic rings. The first-order valence-corrected chi connectivity index (χ1v) is 8.29. The van der Waals surface area contributed by atoms with Crippen LogP contribution in [-0.2, 0) is 0 Å². The van der Waals surface area contributed by atoms with Crippen molar-refractivity contribution in [2.45, 2.75) is 39.2 Å². The van der Waals surface area contributed by atoms with Gasteiger partial charge in [0.15, 0.2) is 0 Å². The van der Waals surface area contributed by atoms with Gasteiger partial charge in [-0.1, -0.05) is 6.92 Å². The van der Waals surface area contributed by atoms with E-state index in [2.05, 4.69) is 12.2 Å². The van der Waals surface area contributed by atoms with E-state index in [0.717, 1.165) is 25.9 Å². The number of nitro groups is 1. The number of piperidine rings is 1. The molecule has 3 N–H and O–H groups in total. The number of nitrogens with one attached hydrogen (secondary N) is 1. The second kappa shape index (κ2) is 8.49. The lowest BCUT2D eigenvalue weighted by atomic mass is 9.98. The molecular weight excluding hydrogens is 344 g/mol. The van der Waals surface area contributed by atoms with Gasteiger partial charge in [0, 0.05) is 36.8 Å². The van der Waals surface area contributed by atoms with Crippen molar-refractivity contribution in [3.05, 3.63) is 33.9 Å². The van der Waals surface area contributed by atoms with Crippen LogP contribution >= 0.6 is 12.4 Å². The standard InChI is InChI=1S/C17H26N4O3.ClH/c1-12-6-8-20(9-7-12)14-5-4-13(10-15(14)21(23)24)16(22)19-17(2,3)11-18;/h4-5,10,12H,6-9,11,18H2,1-3H3,(H,19,22);1H. The molecule has 2 rings (SSSR count). The lowest BCUT2D eigenvalue weighted by Gasteiger charge is -2.31. The Morgan fingerprint density at radius 3 is 2.52 bits per heavy atom. The average Bonchev–Trinajstić information content (AvgIpc) is 2.54. The summed E-state index contributed by atoms with van der Waals surface area (Å²) in [5.41, 5.74) is 5.89. The molecule has 1 saturated heterocycles. The number of carbonyl (C=O) groups excluding carboxylic acids is 1. The van der Waals surface area contributed by atoms with Gasteiger partial charge in [-0.15, -0.1) is 12.4 Å². The summed E-state index contributed by atoms with van der Waals surface area (Å²) in [6.45, 7) is 7.69. The molecule has 0 bridgehead atoms. The maximum absolute atomic E-state index is 12.3. The van der Waals surface area contributed by atoms with E-state index in [1.54, 1.807) is 12.1 Å². The van der Waals surface area contributed by atoms with Gasteiger partial charge in [-0.05, 0) is 44.7 Å². The minimum absolute atomic E-state index is 0. The molecule has 7 nitrogen and oxygen atoms in total. The summed E-state index contributed by atoms with van der Waals surface area (Å²) in [5, 5.41) is 14.3. The Balaban J connectivity index is 0.00000312. The number of rotatable bonds is 5. The summed E-state index contributed by atoms with van der Waals surface area (Å²) in [7, 11) is 0. The molecule has 140 valence electrons. The Kier molecular flexibility index (Phi) is 7.19. The molecule has 25 heavy (non-hydrogen) atoms. The van der Waals surface area contributed by atoms with Gasteiger partial charge in [-0.25, -0.2) is 0 Å². The average molecular weight is 371 g/mol. The smallest absolute Gasteiger partial charge is 0.293 e. The minimum atomic E-state index is -0.562. The SMILES string of the molecule is CC1CCN(c2ccc(C(=O)NC(C)(C)CN)cc2[N+](=O)[O-])CC1.Cl. The molecule has 0 aromatic heterocycles. The van der Waals surface area contributed by atoms with Crippen LogP contribution in [0.1, 0.15) is 44.0 Å². The van der Waals surface area contributed by atoms with Gasteiger partial charge in [0.05, 0.1) is 4.92 Å². The molecule has 0 atom stereocenters. The summed E-state index contributed by atoms with van der Waals surface area (Å²) in [6.07, 6.45) is 2.04. The number of halogens is 1. The number of hydrogen-bond acceptors (Lipinski definition) is 5. The summed E-state index contributed by atoms with van der Waals surface area (Å²) in [6, 6.07) is 4.68. The number of hydrogen-bond donors (Lipinski definition) is 2. The Bertz CT molecular complexity index is 628. The van der Waals surface area contributed by atoms with Crippen molar-refractivity contribution < 1.29 is 9.72 Å². The van der Waals surface area contributed by atoms with Crippen LogP contribution in [0, 0.1) is 16.0 Å². The molecule has 8 heteroatoms. The van der Waals surface area contributed by atoms with Gasteiger partial charge in [-0.2, -0.15) is 0 Å². The van der Waals surface area contributed by atoms with Crippen molar-refractivity contribution in [1.82, 2.24) is 5.32 Å². The number of anilines is 1. The molecule has 0 spiro atoms. The molecule has 1 fully saturated rings. The normalized spacial score (nSPS) is 15.4. The van der Waals surface area contributed by atoms with Gasteiger partial charge in [0.1, 0.15) is 5.69 Å². The van der Waals surface area contributed by atoms with Crippen molar-refractivity contribution in [3.63, 3.8) is 0 Å².